The van der Waals surface area contributed by atoms with Crippen LogP contribution < -0.4 is 5.32 Å². The van der Waals surface area contributed by atoms with E-state index in [1.54, 1.807) is 4.90 Å². The Morgan fingerprint density at radius 3 is 2.73 bits per heavy atom. The first-order chi connectivity index (χ1) is 7.15. The number of carbonyl (C=O) groups is 1. The fourth-order valence-electron chi connectivity index (χ4n) is 1.46. The van der Waals surface area contributed by atoms with Crippen LogP contribution in [0.3, 0.4) is 0 Å². The van der Waals surface area contributed by atoms with Gasteiger partial charge in [0, 0.05) is 18.6 Å². The molecule has 0 aliphatic heterocycles. The number of hydrogen-bond acceptors (Lipinski definition) is 3. The first-order valence-electron chi connectivity index (χ1n) is 5.55. The van der Waals surface area contributed by atoms with Crippen molar-refractivity contribution in [1.29, 1.82) is 5.26 Å². The maximum atomic E-state index is 11.8. The largest absolute Gasteiger partial charge is 0.338 e. The molecule has 1 fully saturated rings. The molecule has 0 spiro atoms. The highest BCUT2D eigenvalue weighted by Gasteiger charge is 2.23. The van der Waals surface area contributed by atoms with Crippen LogP contribution in [0.25, 0.3) is 0 Å². The topological polar surface area (TPSA) is 56.1 Å². The summed E-state index contributed by atoms with van der Waals surface area (Å²) in [6, 6.07) is 2.80. The van der Waals surface area contributed by atoms with E-state index in [0.717, 1.165) is 0 Å². The van der Waals surface area contributed by atoms with Crippen molar-refractivity contribution in [2.24, 2.45) is 0 Å². The molecule has 0 aromatic heterocycles. The molecular weight excluding hydrogens is 190 g/mol. The van der Waals surface area contributed by atoms with Gasteiger partial charge in [-0.1, -0.05) is 0 Å². The van der Waals surface area contributed by atoms with Crippen LogP contribution in [0.15, 0.2) is 0 Å². The molecule has 4 heteroatoms. The molecule has 84 valence electrons. The van der Waals surface area contributed by atoms with Crippen LogP contribution in [0.2, 0.25) is 0 Å². The molecule has 15 heavy (non-hydrogen) atoms. The van der Waals surface area contributed by atoms with E-state index in [0.29, 0.717) is 25.6 Å². The Kier molecular flexibility index (Phi) is 4.57. The highest BCUT2D eigenvalue weighted by atomic mass is 16.2. The molecule has 1 N–H and O–H groups in total. The summed E-state index contributed by atoms with van der Waals surface area (Å²) in [4.78, 5) is 13.5. The number of carbonyl (C=O) groups excluding carboxylic acids is 1. The van der Waals surface area contributed by atoms with Crippen LogP contribution in [-0.2, 0) is 4.79 Å². The molecule has 0 aromatic carbocycles. The molecular formula is C11H19N3O. The number of nitriles is 1. The molecule has 1 aliphatic rings. The zero-order chi connectivity index (χ0) is 11.3. The Bertz CT molecular complexity index is 253. The first kappa shape index (κ1) is 12.0. The van der Waals surface area contributed by atoms with Gasteiger partial charge in [-0.25, -0.2) is 0 Å². The van der Waals surface area contributed by atoms with E-state index in [1.807, 2.05) is 13.8 Å². The fraction of sp³-hybridized carbons (Fsp3) is 0.818. The average Bonchev–Trinajstić information content (AvgIpc) is 2.98. The summed E-state index contributed by atoms with van der Waals surface area (Å²) in [6.45, 7) is 4.91. The van der Waals surface area contributed by atoms with E-state index in [4.69, 9.17) is 5.26 Å². The van der Waals surface area contributed by atoms with Crippen LogP contribution in [0.5, 0.6) is 0 Å². The van der Waals surface area contributed by atoms with E-state index in [-0.39, 0.29) is 11.9 Å². The number of amides is 1. The Morgan fingerprint density at radius 1 is 1.60 bits per heavy atom. The highest BCUT2D eigenvalue weighted by Crippen LogP contribution is 2.18. The number of rotatable bonds is 6. The molecule has 1 aliphatic carbocycles. The van der Waals surface area contributed by atoms with Crippen molar-refractivity contribution < 1.29 is 4.79 Å². The minimum Gasteiger partial charge on any atom is -0.338 e. The molecule has 1 rings (SSSR count). The normalized spacial score (nSPS) is 15.1. The Balaban J connectivity index is 2.31. The Labute approximate surface area is 91.2 Å². The monoisotopic (exact) mass is 209 g/mol. The molecule has 0 radical (unpaired) electrons. The molecule has 0 heterocycles. The molecule has 0 aromatic rings. The van der Waals surface area contributed by atoms with Crippen molar-refractivity contribution in [3.8, 4) is 6.07 Å². The SMILES string of the molecule is CC(C)N(CCC#N)C(=O)CNC1CC1. The minimum atomic E-state index is 0.104. The van der Waals surface area contributed by atoms with Gasteiger partial charge in [-0.05, 0) is 26.7 Å². The quantitative estimate of drug-likeness (QED) is 0.706. The van der Waals surface area contributed by atoms with Crippen LogP contribution in [0.4, 0.5) is 0 Å². The van der Waals surface area contributed by atoms with Crippen molar-refractivity contribution in [3.05, 3.63) is 0 Å². The van der Waals surface area contributed by atoms with E-state index in [2.05, 4.69) is 11.4 Å². The van der Waals surface area contributed by atoms with Gasteiger partial charge >= 0.3 is 0 Å². The average molecular weight is 209 g/mol. The zero-order valence-corrected chi connectivity index (χ0v) is 9.49. The van der Waals surface area contributed by atoms with E-state index in [1.165, 1.54) is 12.8 Å². The second-order valence-electron chi connectivity index (χ2n) is 4.24. The number of nitrogens with one attached hydrogen (secondary N) is 1. The van der Waals surface area contributed by atoms with Gasteiger partial charge in [-0.2, -0.15) is 5.26 Å². The van der Waals surface area contributed by atoms with Gasteiger partial charge in [-0.3, -0.25) is 4.79 Å². The third-order valence-electron chi connectivity index (χ3n) is 2.53. The van der Waals surface area contributed by atoms with Crippen LogP contribution >= 0.6 is 0 Å². The van der Waals surface area contributed by atoms with Crippen molar-refractivity contribution in [3.63, 3.8) is 0 Å². The highest BCUT2D eigenvalue weighted by molar-refractivity contribution is 5.78. The van der Waals surface area contributed by atoms with Gasteiger partial charge < -0.3 is 10.2 Å². The smallest absolute Gasteiger partial charge is 0.236 e. The summed E-state index contributed by atoms with van der Waals surface area (Å²) >= 11 is 0. The maximum absolute atomic E-state index is 11.8. The fourth-order valence-corrected chi connectivity index (χ4v) is 1.46. The molecule has 0 bridgehead atoms. The summed E-state index contributed by atoms with van der Waals surface area (Å²) in [6.07, 6.45) is 2.79. The Hall–Kier alpha value is -1.08. The van der Waals surface area contributed by atoms with Crippen LogP contribution in [0, 0.1) is 11.3 Å². The second-order valence-corrected chi connectivity index (χ2v) is 4.24. The summed E-state index contributed by atoms with van der Waals surface area (Å²) in [5.41, 5.74) is 0. The van der Waals surface area contributed by atoms with Gasteiger partial charge in [0.1, 0.15) is 0 Å². The molecule has 0 atom stereocenters. The number of nitrogens with zero attached hydrogens (tertiary/aromatic N) is 2. The Morgan fingerprint density at radius 2 is 2.27 bits per heavy atom. The third-order valence-corrected chi connectivity index (χ3v) is 2.53. The molecule has 4 nitrogen and oxygen atoms in total. The van der Waals surface area contributed by atoms with E-state index in [9.17, 15) is 4.79 Å². The summed E-state index contributed by atoms with van der Waals surface area (Å²) in [5, 5.41) is 11.7. The lowest BCUT2D eigenvalue weighted by Gasteiger charge is -2.26. The van der Waals surface area contributed by atoms with E-state index >= 15 is 0 Å². The zero-order valence-electron chi connectivity index (χ0n) is 9.49. The predicted molar refractivity (Wildman–Crippen MR) is 58.1 cm³/mol. The third kappa shape index (κ3) is 4.30. The second kappa shape index (κ2) is 5.72. The van der Waals surface area contributed by atoms with Crippen molar-refractivity contribution in [1.82, 2.24) is 10.2 Å². The lowest BCUT2D eigenvalue weighted by molar-refractivity contribution is -0.131. The summed E-state index contributed by atoms with van der Waals surface area (Å²) in [7, 11) is 0. The van der Waals surface area contributed by atoms with Gasteiger partial charge in [0.2, 0.25) is 5.91 Å². The maximum Gasteiger partial charge on any atom is 0.236 e. The number of hydrogen-bond donors (Lipinski definition) is 1. The van der Waals surface area contributed by atoms with Crippen molar-refractivity contribution in [2.45, 2.75) is 45.2 Å². The molecule has 1 saturated carbocycles. The summed E-state index contributed by atoms with van der Waals surface area (Å²) in [5.74, 6) is 0.104. The first-order valence-corrected chi connectivity index (χ1v) is 5.55. The van der Waals surface area contributed by atoms with Gasteiger partial charge in [0.15, 0.2) is 0 Å². The summed E-state index contributed by atoms with van der Waals surface area (Å²) < 4.78 is 0. The minimum absolute atomic E-state index is 0.104. The van der Waals surface area contributed by atoms with Gasteiger partial charge in [0.25, 0.3) is 0 Å². The standard InChI is InChI=1S/C11H19N3O/c1-9(2)14(7-3-6-12)11(15)8-13-10-4-5-10/h9-10,13H,3-5,7-8H2,1-2H3. The molecule has 1 amide bonds. The van der Waals surface area contributed by atoms with Crippen molar-refractivity contribution in [2.75, 3.05) is 13.1 Å². The van der Waals surface area contributed by atoms with Gasteiger partial charge in [0.05, 0.1) is 19.0 Å². The van der Waals surface area contributed by atoms with E-state index < -0.39 is 0 Å². The molecule has 0 saturated heterocycles. The van der Waals surface area contributed by atoms with Crippen molar-refractivity contribution >= 4 is 5.91 Å². The van der Waals surface area contributed by atoms with Gasteiger partial charge in [-0.15, -0.1) is 0 Å². The lowest BCUT2D eigenvalue weighted by Crippen LogP contribution is -2.43. The lowest BCUT2D eigenvalue weighted by atomic mass is 10.3. The molecule has 0 unspecified atom stereocenters. The van der Waals surface area contributed by atoms with Crippen LogP contribution in [0.1, 0.15) is 33.1 Å². The predicted octanol–water partition coefficient (Wildman–Crippen LogP) is 0.889. The van der Waals surface area contributed by atoms with Crippen LogP contribution in [-0.4, -0.2) is 36.0 Å².